The zero-order chi connectivity index (χ0) is 14.4. The first-order valence-electron chi connectivity index (χ1n) is 6.51. The van der Waals surface area contributed by atoms with Gasteiger partial charge in [0.2, 0.25) is 5.91 Å². The van der Waals surface area contributed by atoms with Crippen molar-refractivity contribution in [1.82, 2.24) is 0 Å². The highest BCUT2D eigenvalue weighted by molar-refractivity contribution is 14.1. The third-order valence-corrected chi connectivity index (χ3v) is 3.60. The molecule has 0 saturated heterocycles. The van der Waals surface area contributed by atoms with Crippen LogP contribution in [0.3, 0.4) is 0 Å². The molecule has 1 amide bonds. The topological polar surface area (TPSA) is 29.1 Å². The lowest BCUT2D eigenvalue weighted by atomic mass is 10.1. The molecule has 3 heteroatoms. The molecular formula is C17H16INO. The number of aryl methyl sites for hydroxylation is 1. The summed E-state index contributed by atoms with van der Waals surface area (Å²) < 4.78 is 1.18. The third kappa shape index (κ3) is 4.20. The summed E-state index contributed by atoms with van der Waals surface area (Å²) in [6.45, 7) is 2.08. The summed E-state index contributed by atoms with van der Waals surface area (Å²) in [4.78, 5) is 11.9. The molecule has 1 N–H and O–H groups in total. The Morgan fingerprint density at radius 3 is 2.65 bits per heavy atom. The highest BCUT2D eigenvalue weighted by Crippen LogP contribution is 2.19. The van der Waals surface area contributed by atoms with Gasteiger partial charge in [0, 0.05) is 15.3 Å². The molecule has 102 valence electrons. The highest BCUT2D eigenvalue weighted by Gasteiger charge is 2.04. The van der Waals surface area contributed by atoms with Gasteiger partial charge in [-0.2, -0.15) is 0 Å². The SMILES string of the molecule is CCc1cc(I)ccc1NC(=O)/C=C/c1ccccc1. The molecule has 0 aromatic heterocycles. The predicted molar refractivity (Wildman–Crippen MR) is 92.6 cm³/mol. The van der Waals surface area contributed by atoms with Gasteiger partial charge in [0.1, 0.15) is 0 Å². The molecule has 0 atom stereocenters. The molecule has 0 fully saturated rings. The molecule has 0 heterocycles. The first kappa shape index (κ1) is 14.8. The summed E-state index contributed by atoms with van der Waals surface area (Å²) >= 11 is 2.28. The minimum atomic E-state index is -0.107. The van der Waals surface area contributed by atoms with Gasteiger partial charge in [-0.15, -0.1) is 0 Å². The minimum Gasteiger partial charge on any atom is -0.322 e. The average Bonchev–Trinajstić information content (AvgIpc) is 2.48. The maximum absolute atomic E-state index is 11.9. The Kier molecular flexibility index (Phi) is 5.35. The van der Waals surface area contributed by atoms with Gasteiger partial charge >= 0.3 is 0 Å². The van der Waals surface area contributed by atoms with Crippen LogP contribution in [0.25, 0.3) is 6.08 Å². The van der Waals surface area contributed by atoms with E-state index in [9.17, 15) is 4.79 Å². The maximum Gasteiger partial charge on any atom is 0.248 e. The number of nitrogens with one attached hydrogen (secondary N) is 1. The molecule has 0 aliphatic heterocycles. The standard InChI is InChI=1S/C17H16INO/c1-2-14-12-15(18)9-10-16(14)19-17(20)11-8-13-6-4-3-5-7-13/h3-12H,2H2,1H3,(H,19,20)/b11-8+. The van der Waals surface area contributed by atoms with Crippen molar-refractivity contribution in [2.45, 2.75) is 13.3 Å². The smallest absolute Gasteiger partial charge is 0.248 e. The average molecular weight is 377 g/mol. The second kappa shape index (κ2) is 7.24. The molecule has 0 spiro atoms. The number of amides is 1. The molecule has 0 radical (unpaired) electrons. The Hall–Kier alpha value is -1.62. The third-order valence-electron chi connectivity index (χ3n) is 2.93. The maximum atomic E-state index is 11.9. The number of anilines is 1. The molecular weight excluding hydrogens is 361 g/mol. The van der Waals surface area contributed by atoms with Crippen LogP contribution in [0.5, 0.6) is 0 Å². The fourth-order valence-electron chi connectivity index (χ4n) is 1.89. The van der Waals surface area contributed by atoms with E-state index in [1.807, 2.05) is 48.5 Å². The van der Waals surface area contributed by atoms with Gasteiger partial charge < -0.3 is 5.32 Å². The largest absolute Gasteiger partial charge is 0.322 e. The lowest BCUT2D eigenvalue weighted by Gasteiger charge is -2.08. The van der Waals surface area contributed by atoms with Gasteiger partial charge in [-0.05, 0) is 64.4 Å². The molecule has 0 saturated carbocycles. The monoisotopic (exact) mass is 377 g/mol. The number of rotatable bonds is 4. The summed E-state index contributed by atoms with van der Waals surface area (Å²) in [5.74, 6) is -0.107. The summed E-state index contributed by atoms with van der Waals surface area (Å²) in [7, 11) is 0. The van der Waals surface area contributed by atoms with Crippen molar-refractivity contribution in [1.29, 1.82) is 0 Å². The van der Waals surface area contributed by atoms with E-state index >= 15 is 0 Å². The highest BCUT2D eigenvalue weighted by atomic mass is 127. The normalized spacial score (nSPS) is 10.7. The van der Waals surface area contributed by atoms with Gasteiger partial charge in [0.05, 0.1) is 0 Å². The fourth-order valence-corrected chi connectivity index (χ4v) is 2.44. The van der Waals surface area contributed by atoms with Crippen LogP contribution in [0, 0.1) is 3.57 Å². The van der Waals surface area contributed by atoms with Crippen molar-refractivity contribution in [2.75, 3.05) is 5.32 Å². The number of carbonyl (C=O) groups is 1. The van der Waals surface area contributed by atoms with Crippen molar-refractivity contribution in [3.8, 4) is 0 Å². The van der Waals surface area contributed by atoms with Crippen molar-refractivity contribution < 1.29 is 4.79 Å². The second-order valence-corrected chi connectivity index (χ2v) is 5.63. The molecule has 2 aromatic carbocycles. The van der Waals surface area contributed by atoms with Crippen molar-refractivity contribution in [3.05, 3.63) is 69.3 Å². The Morgan fingerprint density at radius 1 is 1.20 bits per heavy atom. The molecule has 2 rings (SSSR count). The summed E-state index contributed by atoms with van der Waals surface area (Å²) in [5.41, 5.74) is 3.05. The predicted octanol–water partition coefficient (Wildman–Crippen LogP) is 4.51. The Bertz CT molecular complexity index is 620. The number of benzene rings is 2. The van der Waals surface area contributed by atoms with E-state index in [4.69, 9.17) is 0 Å². The lowest BCUT2D eigenvalue weighted by Crippen LogP contribution is -2.09. The summed E-state index contributed by atoms with van der Waals surface area (Å²) in [6, 6.07) is 15.8. The van der Waals surface area contributed by atoms with E-state index in [1.54, 1.807) is 6.08 Å². The van der Waals surface area contributed by atoms with Crippen LogP contribution < -0.4 is 5.32 Å². The number of halogens is 1. The Labute approximate surface area is 133 Å². The van der Waals surface area contributed by atoms with Crippen LogP contribution in [-0.4, -0.2) is 5.91 Å². The first-order valence-corrected chi connectivity index (χ1v) is 7.59. The van der Waals surface area contributed by atoms with E-state index < -0.39 is 0 Å². The molecule has 0 unspecified atom stereocenters. The van der Waals surface area contributed by atoms with Crippen LogP contribution in [0.2, 0.25) is 0 Å². The van der Waals surface area contributed by atoms with Crippen LogP contribution in [0.4, 0.5) is 5.69 Å². The van der Waals surface area contributed by atoms with E-state index in [2.05, 4.69) is 40.9 Å². The van der Waals surface area contributed by atoms with Crippen LogP contribution in [0.1, 0.15) is 18.1 Å². The first-order chi connectivity index (χ1) is 9.69. The molecule has 0 bridgehead atoms. The molecule has 0 aliphatic carbocycles. The molecule has 2 nitrogen and oxygen atoms in total. The lowest BCUT2D eigenvalue weighted by molar-refractivity contribution is -0.111. The molecule has 0 aliphatic rings. The summed E-state index contributed by atoms with van der Waals surface area (Å²) in [6.07, 6.45) is 4.27. The Balaban J connectivity index is 2.07. The number of hydrogen-bond acceptors (Lipinski definition) is 1. The number of hydrogen-bond donors (Lipinski definition) is 1. The minimum absolute atomic E-state index is 0.107. The van der Waals surface area contributed by atoms with Gasteiger partial charge in [-0.3, -0.25) is 4.79 Å². The van der Waals surface area contributed by atoms with Crippen molar-refractivity contribution >= 4 is 40.3 Å². The van der Waals surface area contributed by atoms with Crippen LogP contribution in [0.15, 0.2) is 54.6 Å². The Morgan fingerprint density at radius 2 is 1.95 bits per heavy atom. The second-order valence-electron chi connectivity index (χ2n) is 4.39. The summed E-state index contributed by atoms with van der Waals surface area (Å²) in [5, 5.41) is 2.93. The molecule has 20 heavy (non-hydrogen) atoms. The van der Waals surface area contributed by atoms with E-state index in [0.717, 1.165) is 23.2 Å². The zero-order valence-corrected chi connectivity index (χ0v) is 13.4. The molecule has 2 aromatic rings. The van der Waals surface area contributed by atoms with Crippen molar-refractivity contribution in [3.63, 3.8) is 0 Å². The number of carbonyl (C=O) groups excluding carboxylic acids is 1. The fraction of sp³-hybridized carbons (Fsp3) is 0.118. The van der Waals surface area contributed by atoms with E-state index in [0.29, 0.717) is 0 Å². The van der Waals surface area contributed by atoms with Gasteiger partial charge in [-0.1, -0.05) is 37.3 Å². The zero-order valence-electron chi connectivity index (χ0n) is 11.3. The van der Waals surface area contributed by atoms with Gasteiger partial charge in [0.25, 0.3) is 0 Å². The van der Waals surface area contributed by atoms with E-state index in [-0.39, 0.29) is 5.91 Å². The van der Waals surface area contributed by atoms with Gasteiger partial charge in [0.15, 0.2) is 0 Å². The van der Waals surface area contributed by atoms with Crippen LogP contribution >= 0.6 is 22.6 Å². The van der Waals surface area contributed by atoms with Crippen molar-refractivity contribution in [2.24, 2.45) is 0 Å². The van der Waals surface area contributed by atoms with Crippen LogP contribution in [-0.2, 0) is 11.2 Å². The van der Waals surface area contributed by atoms with Gasteiger partial charge in [-0.25, -0.2) is 0 Å². The quantitative estimate of drug-likeness (QED) is 0.617. The van der Waals surface area contributed by atoms with E-state index in [1.165, 1.54) is 3.57 Å².